The molecule has 0 saturated heterocycles. The van der Waals surface area contributed by atoms with Gasteiger partial charge >= 0.3 is 0 Å². The van der Waals surface area contributed by atoms with Crippen molar-refractivity contribution in [3.05, 3.63) is 12.1 Å². The number of aromatic hydroxyl groups is 2. The topological polar surface area (TPSA) is 127 Å². The molecule has 0 atom stereocenters. The summed E-state index contributed by atoms with van der Waals surface area (Å²) in [5, 5.41) is 22.9. The van der Waals surface area contributed by atoms with E-state index in [9.17, 15) is 8.42 Å². The maximum Gasteiger partial charge on any atom is 0.241 e. The number of sulfonamides is 1. The standard InChI is InChI=1S/C6H8N2O4S/c7-3-1-2-4(13(8,11)12)6(10)5(3)9/h1-2,9-10H,7H2,(H2,8,11,12). The molecule has 0 fully saturated rings. The van der Waals surface area contributed by atoms with Gasteiger partial charge in [-0.3, -0.25) is 0 Å². The van der Waals surface area contributed by atoms with Gasteiger partial charge < -0.3 is 15.9 Å². The Morgan fingerprint density at radius 3 is 2.15 bits per heavy atom. The van der Waals surface area contributed by atoms with Gasteiger partial charge in [-0.15, -0.1) is 0 Å². The number of phenols is 2. The number of benzene rings is 1. The smallest absolute Gasteiger partial charge is 0.241 e. The summed E-state index contributed by atoms with van der Waals surface area (Å²) in [4.78, 5) is -0.556. The number of anilines is 1. The Morgan fingerprint density at radius 1 is 1.15 bits per heavy atom. The zero-order valence-electron chi connectivity index (χ0n) is 6.43. The van der Waals surface area contributed by atoms with Gasteiger partial charge in [0, 0.05) is 0 Å². The fraction of sp³-hybridized carbons (Fsp3) is 0. The molecule has 0 radical (unpaired) electrons. The third kappa shape index (κ3) is 1.65. The number of hydrogen-bond acceptors (Lipinski definition) is 5. The van der Waals surface area contributed by atoms with E-state index in [4.69, 9.17) is 21.1 Å². The zero-order chi connectivity index (χ0) is 10.2. The third-order valence-electron chi connectivity index (χ3n) is 1.45. The van der Waals surface area contributed by atoms with Crippen LogP contribution in [0.2, 0.25) is 0 Å². The lowest BCUT2D eigenvalue weighted by molar-refractivity contribution is 0.395. The van der Waals surface area contributed by atoms with Crippen molar-refractivity contribution in [1.82, 2.24) is 0 Å². The first kappa shape index (κ1) is 9.62. The SMILES string of the molecule is Nc1ccc(S(N)(=O)=O)c(O)c1O. The summed E-state index contributed by atoms with van der Waals surface area (Å²) in [7, 11) is -4.04. The van der Waals surface area contributed by atoms with Crippen LogP contribution in [0, 0.1) is 0 Å². The maximum absolute atomic E-state index is 10.8. The Kier molecular flexibility index (Phi) is 2.06. The van der Waals surface area contributed by atoms with Gasteiger partial charge in [-0.05, 0) is 12.1 Å². The molecule has 0 spiro atoms. The van der Waals surface area contributed by atoms with Crippen molar-refractivity contribution >= 4 is 15.7 Å². The summed E-state index contributed by atoms with van der Waals surface area (Å²) in [5.41, 5.74) is 5.07. The van der Waals surface area contributed by atoms with E-state index in [1.54, 1.807) is 0 Å². The van der Waals surface area contributed by atoms with Crippen LogP contribution in [-0.2, 0) is 10.0 Å². The zero-order valence-corrected chi connectivity index (χ0v) is 7.25. The van der Waals surface area contributed by atoms with Crippen LogP contribution in [0.3, 0.4) is 0 Å². The molecule has 6 nitrogen and oxygen atoms in total. The van der Waals surface area contributed by atoms with E-state index in [-0.39, 0.29) is 5.69 Å². The Labute approximate surface area is 74.5 Å². The highest BCUT2D eigenvalue weighted by Gasteiger charge is 2.17. The van der Waals surface area contributed by atoms with Crippen LogP contribution in [0.1, 0.15) is 0 Å². The van der Waals surface area contributed by atoms with Gasteiger partial charge in [0.15, 0.2) is 11.5 Å². The maximum atomic E-state index is 10.8. The molecule has 1 aromatic carbocycles. The summed E-state index contributed by atoms with van der Waals surface area (Å²) in [6.07, 6.45) is 0. The van der Waals surface area contributed by atoms with Crippen LogP contribution in [0.4, 0.5) is 5.69 Å². The van der Waals surface area contributed by atoms with Crippen LogP contribution in [0.5, 0.6) is 11.5 Å². The van der Waals surface area contributed by atoms with Gasteiger partial charge in [-0.2, -0.15) is 0 Å². The number of nitrogens with two attached hydrogens (primary N) is 2. The van der Waals surface area contributed by atoms with E-state index >= 15 is 0 Å². The second kappa shape index (κ2) is 2.79. The Morgan fingerprint density at radius 2 is 1.69 bits per heavy atom. The van der Waals surface area contributed by atoms with Gasteiger partial charge in [0.25, 0.3) is 0 Å². The predicted octanol–water partition coefficient (Wildman–Crippen LogP) is -0.673. The lowest BCUT2D eigenvalue weighted by atomic mass is 10.3. The highest BCUT2D eigenvalue weighted by Crippen LogP contribution is 2.36. The van der Waals surface area contributed by atoms with Crippen molar-refractivity contribution in [2.75, 3.05) is 5.73 Å². The van der Waals surface area contributed by atoms with Crippen LogP contribution < -0.4 is 10.9 Å². The molecule has 1 rings (SSSR count). The summed E-state index contributed by atoms with van der Waals surface area (Å²) >= 11 is 0. The summed E-state index contributed by atoms with van der Waals surface area (Å²) in [6.45, 7) is 0. The number of primary sulfonamides is 1. The average molecular weight is 204 g/mol. The molecule has 0 aliphatic heterocycles. The molecule has 0 saturated carbocycles. The van der Waals surface area contributed by atoms with Gasteiger partial charge in [-0.25, -0.2) is 13.6 Å². The normalized spacial score (nSPS) is 11.5. The summed E-state index contributed by atoms with van der Waals surface area (Å²) in [6, 6.07) is 2.15. The van der Waals surface area contributed by atoms with E-state index < -0.39 is 26.4 Å². The van der Waals surface area contributed by atoms with Crippen molar-refractivity contribution in [3.8, 4) is 11.5 Å². The first-order valence-electron chi connectivity index (χ1n) is 3.17. The van der Waals surface area contributed by atoms with E-state index in [0.29, 0.717) is 0 Å². The molecule has 0 aliphatic carbocycles. The lowest BCUT2D eigenvalue weighted by Gasteiger charge is -2.05. The number of nitrogen functional groups attached to an aromatic ring is 1. The lowest BCUT2D eigenvalue weighted by Crippen LogP contribution is -2.12. The van der Waals surface area contributed by atoms with E-state index in [2.05, 4.69) is 0 Å². The highest BCUT2D eigenvalue weighted by molar-refractivity contribution is 7.89. The van der Waals surface area contributed by atoms with E-state index in [1.165, 1.54) is 0 Å². The molecule has 7 heteroatoms. The minimum absolute atomic E-state index is 0.120. The largest absolute Gasteiger partial charge is 0.503 e. The highest BCUT2D eigenvalue weighted by atomic mass is 32.2. The van der Waals surface area contributed by atoms with Crippen molar-refractivity contribution in [2.45, 2.75) is 4.90 Å². The molecule has 0 aromatic heterocycles. The monoisotopic (exact) mass is 204 g/mol. The predicted molar refractivity (Wildman–Crippen MR) is 45.6 cm³/mol. The first-order chi connectivity index (χ1) is 5.84. The number of rotatable bonds is 1. The molecule has 0 aliphatic rings. The molecule has 13 heavy (non-hydrogen) atoms. The number of hydrogen-bond donors (Lipinski definition) is 4. The van der Waals surface area contributed by atoms with Crippen LogP contribution in [0.15, 0.2) is 17.0 Å². The minimum Gasteiger partial charge on any atom is -0.503 e. The average Bonchev–Trinajstić information content (AvgIpc) is 1.98. The molecule has 1 aromatic rings. The third-order valence-corrected chi connectivity index (χ3v) is 2.39. The van der Waals surface area contributed by atoms with Crippen LogP contribution in [-0.4, -0.2) is 18.6 Å². The second-order valence-corrected chi connectivity index (χ2v) is 3.92. The quantitative estimate of drug-likeness (QED) is 0.356. The molecule has 0 bridgehead atoms. The van der Waals surface area contributed by atoms with Gasteiger partial charge in [0.2, 0.25) is 10.0 Å². The Bertz CT molecular complexity index is 440. The molecule has 72 valence electrons. The van der Waals surface area contributed by atoms with Crippen molar-refractivity contribution in [1.29, 1.82) is 0 Å². The first-order valence-corrected chi connectivity index (χ1v) is 4.72. The van der Waals surface area contributed by atoms with Crippen molar-refractivity contribution < 1.29 is 18.6 Å². The Balaban J connectivity index is 3.53. The number of phenolic OH excluding ortho intramolecular Hbond substituents is 2. The van der Waals surface area contributed by atoms with Crippen LogP contribution in [0.25, 0.3) is 0 Å². The summed E-state index contributed by atoms with van der Waals surface area (Å²) < 4.78 is 21.6. The molecule has 0 heterocycles. The van der Waals surface area contributed by atoms with Crippen molar-refractivity contribution in [3.63, 3.8) is 0 Å². The molecular weight excluding hydrogens is 196 g/mol. The molecule has 6 N–H and O–H groups in total. The molecule has 0 amide bonds. The summed E-state index contributed by atoms with van der Waals surface area (Å²) in [5.74, 6) is -1.52. The van der Waals surface area contributed by atoms with Gasteiger partial charge in [0.05, 0.1) is 5.69 Å². The fourth-order valence-electron chi connectivity index (χ4n) is 0.806. The van der Waals surface area contributed by atoms with E-state index in [0.717, 1.165) is 12.1 Å². The minimum atomic E-state index is -4.04. The molecular formula is C6H8N2O4S. The fourth-order valence-corrected chi connectivity index (χ4v) is 1.43. The van der Waals surface area contributed by atoms with Crippen LogP contribution >= 0.6 is 0 Å². The Hall–Kier alpha value is -1.47. The van der Waals surface area contributed by atoms with Crippen molar-refractivity contribution in [2.24, 2.45) is 5.14 Å². The second-order valence-electron chi connectivity index (χ2n) is 2.40. The molecule has 0 unspecified atom stereocenters. The van der Waals surface area contributed by atoms with Gasteiger partial charge in [0.1, 0.15) is 4.90 Å². The van der Waals surface area contributed by atoms with Gasteiger partial charge in [-0.1, -0.05) is 0 Å². The van der Waals surface area contributed by atoms with E-state index in [1.807, 2.05) is 0 Å².